The smallest absolute Gasteiger partial charge is 0.230 e. The van der Waals surface area contributed by atoms with Crippen LogP contribution >= 0.6 is 0 Å². The van der Waals surface area contributed by atoms with Crippen LogP contribution in [0.5, 0.6) is 0 Å². The van der Waals surface area contributed by atoms with Crippen LogP contribution < -0.4 is 10.2 Å². The summed E-state index contributed by atoms with van der Waals surface area (Å²) in [6, 6.07) is 1.94. The molecule has 7 heteroatoms. The number of piperidine rings is 1. The molecule has 0 radical (unpaired) electrons. The second kappa shape index (κ2) is 3.92. The maximum Gasteiger partial charge on any atom is 0.230 e. The number of hydrogen-bond donors (Lipinski definition) is 3. The monoisotopic (exact) mass is 273 g/mol. The normalized spacial score (nSPS) is 24.8. The third kappa shape index (κ3) is 1.53. The molecule has 2 fully saturated rings. The first-order valence-corrected chi connectivity index (χ1v) is 6.67. The number of rotatable bonds is 1. The van der Waals surface area contributed by atoms with Gasteiger partial charge in [-0.1, -0.05) is 0 Å². The Morgan fingerprint density at radius 1 is 1.40 bits per heavy atom. The van der Waals surface area contributed by atoms with Crippen molar-refractivity contribution in [3.8, 4) is 0 Å². The Kier molecular flexibility index (Phi) is 2.29. The molecule has 4 heterocycles. The van der Waals surface area contributed by atoms with Gasteiger partial charge < -0.3 is 20.3 Å². The summed E-state index contributed by atoms with van der Waals surface area (Å²) in [6.45, 7) is 1.54. The minimum absolute atomic E-state index is 0.0402. The number of aromatic amines is 1. The number of amides is 1. The molecule has 0 bridgehead atoms. The number of carbonyl (C=O) groups excluding carboxylic acids is 1. The van der Waals surface area contributed by atoms with E-state index < -0.39 is 11.5 Å². The first kappa shape index (κ1) is 11.7. The highest BCUT2D eigenvalue weighted by Crippen LogP contribution is 2.40. The maximum atomic E-state index is 12.0. The number of carbonyl (C=O) groups is 1. The lowest BCUT2D eigenvalue weighted by atomic mass is 9.72. The second-order valence-corrected chi connectivity index (χ2v) is 5.64. The fourth-order valence-electron chi connectivity index (χ4n) is 3.23. The number of aromatic nitrogens is 3. The standard InChI is InChI=1S/C13H15N5O2/c19-8-3-13(12(20)15-4-8)5-18(6-13)11-9-1-2-14-10(9)16-7-17-11/h1-2,7-8,19H,3-6H2,(H,15,20)(H,14,16,17). The van der Waals surface area contributed by atoms with Crippen molar-refractivity contribution in [2.45, 2.75) is 12.5 Å². The molecule has 2 aliphatic rings. The molecular formula is C13H15N5O2. The van der Waals surface area contributed by atoms with E-state index >= 15 is 0 Å². The zero-order chi connectivity index (χ0) is 13.7. The average molecular weight is 273 g/mol. The highest BCUT2D eigenvalue weighted by Gasteiger charge is 2.52. The predicted octanol–water partition coefficient (Wildman–Crippen LogP) is -0.355. The van der Waals surface area contributed by atoms with E-state index in [0.29, 0.717) is 26.1 Å². The summed E-state index contributed by atoms with van der Waals surface area (Å²) < 4.78 is 0. The van der Waals surface area contributed by atoms with Gasteiger partial charge in [-0.3, -0.25) is 4.79 Å². The molecule has 7 nitrogen and oxygen atoms in total. The van der Waals surface area contributed by atoms with Gasteiger partial charge in [0.25, 0.3) is 0 Å². The summed E-state index contributed by atoms with van der Waals surface area (Å²) in [5.41, 5.74) is 0.328. The molecular weight excluding hydrogens is 258 g/mol. The van der Waals surface area contributed by atoms with Gasteiger partial charge in [0.2, 0.25) is 5.91 Å². The van der Waals surface area contributed by atoms with Crippen molar-refractivity contribution in [3.05, 3.63) is 18.6 Å². The second-order valence-electron chi connectivity index (χ2n) is 5.64. The van der Waals surface area contributed by atoms with Gasteiger partial charge in [0.1, 0.15) is 17.8 Å². The van der Waals surface area contributed by atoms with Crippen LogP contribution in [0.3, 0.4) is 0 Å². The zero-order valence-electron chi connectivity index (χ0n) is 10.8. The Bertz CT molecular complexity index is 676. The molecule has 0 aromatic carbocycles. The van der Waals surface area contributed by atoms with Crippen LogP contribution in [0.25, 0.3) is 11.0 Å². The van der Waals surface area contributed by atoms with E-state index in [1.165, 1.54) is 6.33 Å². The van der Waals surface area contributed by atoms with Gasteiger partial charge in [0.15, 0.2) is 0 Å². The molecule has 1 amide bonds. The molecule has 2 aromatic rings. The summed E-state index contributed by atoms with van der Waals surface area (Å²) in [6.07, 6.45) is 3.42. The topological polar surface area (TPSA) is 94.1 Å². The summed E-state index contributed by atoms with van der Waals surface area (Å²) in [5.74, 6) is 0.883. The number of anilines is 1. The minimum atomic E-state index is -0.467. The average Bonchev–Trinajstić information content (AvgIpc) is 2.87. The Labute approximate surface area is 115 Å². The number of nitrogens with one attached hydrogen (secondary N) is 2. The quantitative estimate of drug-likeness (QED) is 0.660. The number of hydrogen-bond acceptors (Lipinski definition) is 5. The van der Waals surface area contributed by atoms with Crippen LogP contribution in [0.15, 0.2) is 18.6 Å². The van der Waals surface area contributed by atoms with Crippen molar-refractivity contribution < 1.29 is 9.90 Å². The van der Waals surface area contributed by atoms with Gasteiger partial charge in [0.05, 0.1) is 16.9 Å². The van der Waals surface area contributed by atoms with Crippen molar-refractivity contribution in [3.63, 3.8) is 0 Å². The fourth-order valence-corrected chi connectivity index (χ4v) is 3.23. The summed E-state index contributed by atoms with van der Waals surface area (Å²) in [7, 11) is 0. The number of β-amino-alcohol motifs (C(OH)–C–C–N with tert-alkyl or cyclic N) is 1. The van der Waals surface area contributed by atoms with E-state index in [-0.39, 0.29) is 5.91 Å². The van der Waals surface area contributed by atoms with Crippen LogP contribution in [0.2, 0.25) is 0 Å². The SMILES string of the molecule is O=C1NCC(O)CC12CN(c1ncnc3[nH]ccc13)C2. The number of aliphatic hydroxyl groups is 1. The molecule has 1 spiro atoms. The molecule has 0 aliphatic carbocycles. The lowest BCUT2D eigenvalue weighted by molar-refractivity contribution is -0.139. The van der Waals surface area contributed by atoms with Crippen LogP contribution in [0.4, 0.5) is 5.82 Å². The molecule has 2 saturated heterocycles. The minimum Gasteiger partial charge on any atom is -0.391 e. The van der Waals surface area contributed by atoms with E-state index in [2.05, 4.69) is 25.2 Å². The van der Waals surface area contributed by atoms with E-state index in [0.717, 1.165) is 16.9 Å². The highest BCUT2D eigenvalue weighted by atomic mass is 16.3. The zero-order valence-corrected chi connectivity index (χ0v) is 10.8. The lowest BCUT2D eigenvalue weighted by Crippen LogP contribution is -2.68. The molecule has 1 atom stereocenters. The summed E-state index contributed by atoms with van der Waals surface area (Å²) in [5, 5.41) is 13.5. The van der Waals surface area contributed by atoms with E-state index in [1.54, 1.807) is 0 Å². The van der Waals surface area contributed by atoms with Crippen LogP contribution in [0.1, 0.15) is 6.42 Å². The van der Waals surface area contributed by atoms with Crippen LogP contribution in [-0.4, -0.2) is 51.7 Å². The summed E-state index contributed by atoms with van der Waals surface area (Å²) >= 11 is 0. The van der Waals surface area contributed by atoms with Crippen LogP contribution in [-0.2, 0) is 4.79 Å². The molecule has 4 rings (SSSR count). The molecule has 20 heavy (non-hydrogen) atoms. The largest absolute Gasteiger partial charge is 0.391 e. The highest BCUT2D eigenvalue weighted by molar-refractivity contribution is 5.91. The summed E-state index contributed by atoms with van der Waals surface area (Å²) in [4.78, 5) is 25.6. The molecule has 104 valence electrons. The van der Waals surface area contributed by atoms with Gasteiger partial charge in [-0.15, -0.1) is 0 Å². The maximum absolute atomic E-state index is 12.0. The van der Waals surface area contributed by atoms with Gasteiger partial charge in [-0.05, 0) is 12.5 Å². The number of H-pyrrole nitrogens is 1. The number of aliphatic hydroxyl groups excluding tert-OH is 1. The van der Waals surface area contributed by atoms with Crippen molar-refractivity contribution in [1.29, 1.82) is 0 Å². The molecule has 1 unspecified atom stereocenters. The van der Waals surface area contributed by atoms with Gasteiger partial charge in [0, 0.05) is 25.8 Å². The molecule has 3 N–H and O–H groups in total. The molecule has 2 aromatic heterocycles. The van der Waals surface area contributed by atoms with E-state index in [9.17, 15) is 9.90 Å². The van der Waals surface area contributed by atoms with E-state index in [4.69, 9.17) is 0 Å². The van der Waals surface area contributed by atoms with E-state index in [1.807, 2.05) is 12.3 Å². The van der Waals surface area contributed by atoms with Crippen LogP contribution in [0, 0.1) is 5.41 Å². The molecule has 2 aliphatic heterocycles. The molecule has 0 saturated carbocycles. The fraction of sp³-hybridized carbons (Fsp3) is 0.462. The third-order valence-electron chi connectivity index (χ3n) is 4.23. The Morgan fingerprint density at radius 3 is 3.10 bits per heavy atom. The predicted molar refractivity (Wildman–Crippen MR) is 72.2 cm³/mol. The number of fused-ring (bicyclic) bond motifs is 1. The van der Waals surface area contributed by atoms with Crippen molar-refractivity contribution >= 4 is 22.8 Å². The number of nitrogens with zero attached hydrogens (tertiary/aromatic N) is 3. The Balaban J connectivity index is 1.62. The van der Waals surface area contributed by atoms with Gasteiger partial charge in [-0.25, -0.2) is 9.97 Å². The first-order chi connectivity index (χ1) is 9.68. The van der Waals surface area contributed by atoms with Crippen molar-refractivity contribution in [2.75, 3.05) is 24.5 Å². The third-order valence-corrected chi connectivity index (χ3v) is 4.23. The Morgan fingerprint density at radius 2 is 2.25 bits per heavy atom. The van der Waals surface area contributed by atoms with Crippen molar-refractivity contribution in [1.82, 2.24) is 20.3 Å². The van der Waals surface area contributed by atoms with Gasteiger partial charge in [-0.2, -0.15) is 0 Å². The van der Waals surface area contributed by atoms with Crippen molar-refractivity contribution in [2.24, 2.45) is 5.41 Å². The lowest BCUT2D eigenvalue weighted by Gasteiger charge is -2.52. The Hall–Kier alpha value is -2.15. The van der Waals surface area contributed by atoms with Gasteiger partial charge >= 0.3 is 0 Å². The first-order valence-electron chi connectivity index (χ1n) is 6.67.